The van der Waals surface area contributed by atoms with E-state index in [2.05, 4.69) is 15.1 Å². The minimum atomic E-state index is -4.18. The number of urea groups is 1. The number of carbonyl (C=O) groups excluding carboxylic acids is 2. The van der Waals surface area contributed by atoms with E-state index in [1.807, 2.05) is 41.3 Å². The summed E-state index contributed by atoms with van der Waals surface area (Å²) in [5.74, 6) is 1.68. The number of alkyl halides is 3. The number of nitrogens with zero attached hydrogens (tertiary/aromatic N) is 5. The first-order chi connectivity index (χ1) is 20.6. The van der Waals surface area contributed by atoms with E-state index in [4.69, 9.17) is 10.7 Å². The van der Waals surface area contributed by atoms with Crippen molar-refractivity contribution in [3.05, 3.63) is 42.6 Å². The van der Waals surface area contributed by atoms with Crippen molar-refractivity contribution in [2.75, 3.05) is 60.5 Å². The Balaban J connectivity index is 1.02. The Hall–Kier alpha value is -3.54. The molecule has 2 unspecified atom stereocenters. The van der Waals surface area contributed by atoms with Crippen LogP contribution in [0.25, 0.3) is 0 Å². The second-order valence-electron chi connectivity index (χ2n) is 13.1. The maximum absolute atomic E-state index is 13.7. The van der Waals surface area contributed by atoms with Gasteiger partial charge in [0.1, 0.15) is 5.82 Å². The number of piperazine rings is 1. The van der Waals surface area contributed by atoms with E-state index in [1.54, 1.807) is 6.20 Å². The molecule has 230 valence electrons. The number of nitrogens with two attached hydrogens (primary N) is 1. The summed E-state index contributed by atoms with van der Waals surface area (Å²) in [5, 5.41) is 3.37. The Morgan fingerprint density at radius 3 is 2.26 bits per heavy atom. The average molecular weight is 598 g/mol. The summed E-state index contributed by atoms with van der Waals surface area (Å²) < 4.78 is 38.3. The second-order valence-corrected chi connectivity index (χ2v) is 13.1. The van der Waals surface area contributed by atoms with Crippen LogP contribution in [-0.4, -0.2) is 79.9 Å². The molecule has 6 aliphatic rings. The molecule has 0 radical (unpaired) electrons. The predicted molar refractivity (Wildman–Crippen MR) is 157 cm³/mol. The van der Waals surface area contributed by atoms with Gasteiger partial charge in [0.15, 0.2) is 0 Å². The fraction of sp³-hybridized carbons (Fsp3) is 0.581. The first-order valence-corrected chi connectivity index (χ1v) is 15.3. The molecule has 1 saturated heterocycles. The number of amides is 3. The number of nitrogens with one attached hydrogen (secondary N) is 1. The lowest BCUT2D eigenvalue weighted by Crippen LogP contribution is -2.63. The minimum Gasteiger partial charge on any atom is -0.369 e. The van der Waals surface area contributed by atoms with Crippen molar-refractivity contribution in [3.63, 3.8) is 0 Å². The Kier molecular flexibility index (Phi) is 6.94. The van der Waals surface area contributed by atoms with Gasteiger partial charge >= 0.3 is 12.2 Å². The largest absolute Gasteiger partial charge is 0.401 e. The number of para-hydroxylation sites is 2. The second kappa shape index (κ2) is 10.6. The molecule has 43 heavy (non-hydrogen) atoms. The van der Waals surface area contributed by atoms with Gasteiger partial charge in [-0.25, -0.2) is 9.78 Å². The zero-order valence-corrected chi connectivity index (χ0v) is 24.1. The Labute approximate surface area is 249 Å². The molecule has 3 heterocycles. The van der Waals surface area contributed by atoms with Gasteiger partial charge in [-0.15, -0.1) is 0 Å². The number of aromatic nitrogens is 1. The smallest absolute Gasteiger partial charge is 0.369 e. The summed E-state index contributed by atoms with van der Waals surface area (Å²) in [6.07, 6.45) is 2.14. The third kappa shape index (κ3) is 5.27. The van der Waals surface area contributed by atoms with Crippen LogP contribution in [0.5, 0.6) is 0 Å². The number of hydrogen-bond acceptors (Lipinski definition) is 6. The summed E-state index contributed by atoms with van der Waals surface area (Å²) in [6, 6.07) is 11.7. The van der Waals surface area contributed by atoms with E-state index in [-0.39, 0.29) is 35.2 Å². The highest BCUT2D eigenvalue weighted by molar-refractivity contribution is 5.98. The molecule has 2 atom stereocenters. The summed E-state index contributed by atoms with van der Waals surface area (Å²) in [5.41, 5.74) is 8.06. The maximum atomic E-state index is 13.7. The molecule has 4 aliphatic carbocycles. The number of fused-ring (bicyclic) bond motifs is 1. The van der Waals surface area contributed by atoms with Crippen LogP contribution in [0, 0.1) is 23.2 Å². The number of benzene rings is 1. The van der Waals surface area contributed by atoms with E-state index in [9.17, 15) is 22.8 Å². The Morgan fingerprint density at radius 1 is 0.930 bits per heavy atom. The number of pyridine rings is 1. The fourth-order valence-corrected chi connectivity index (χ4v) is 8.74. The van der Waals surface area contributed by atoms with Crippen LogP contribution >= 0.6 is 0 Å². The van der Waals surface area contributed by atoms with E-state index in [0.29, 0.717) is 45.2 Å². The summed E-state index contributed by atoms with van der Waals surface area (Å²) >= 11 is 0. The Morgan fingerprint density at radius 2 is 1.63 bits per heavy atom. The van der Waals surface area contributed by atoms with Crippen molar-refractivity contribution in [1.82, 2.24) is 15.2 Å². The average Bonchev–Trinajstić information content (AvgIpc) is 2.98. The highest BCUT2D eigenvalue weighted by Gasteiger charge is 2.58. The third-order valence-corrected chi connectivity index (χ3v) is 10.5. The number of hydrogen-bond donors (Lipinski definition) is 2. The topological polar surface area (TPSA) is 98.0 Å². The lowest BCUT2D eigenvalue weighted by atomic mass is 9.47. The van der Waals surface area contributed by atoms with Crippen molar-refractivity contribution in [1.29, 1.82) is 0 Å². The molecule has 4 bridgehead atoms. The van der Waals surface area contributed by atoms with Crippen molar-refractivity contribution in [3.8, 4) is 0 Å². The molecule has 9 nitrogen and oxygen atoms in total. The normalized spacial score (nSPS) is 30.3. The monoisotopic (exact) mass is 597 g/mol. The van der Waals surface area contributed by atoms with Crippen molar-refractivity contribution in [2.24, 2.45) is 28.9 Å². The number of rotatable bonds is 5. The molecule has 2 aliphatic heterocycles. The summed E-state index contributed by atoms with van der Waals surface area (Å²) in [6.45, 7) is 1.92. The van der Waals surface area contributed by atoms with Crippen LogP contribution < -0.4 is 25.8 Å². The number of primary amides is 1. The molecule has 12 heteroatoms. The van der Waals surface area contributed by atoms with E-state index >= 15 is 0 Å². The number of anilines is 4. The SMILES string of the molecule is NC(=O)C12CC3CC(C1)C(NC(=O)N1CCN(c4ccc(N5CCN(CC(F)(F)F)CC5)cn4)c4ccccc41)C(C3)C2. The lowest BCUT2D eigenvalue weighted by Gasteiger charge is -2.59. The van der Waals surface area contributed by atoms with Gasteiger partial charge < -0.3 is 20.9 Å². The van der Waals surface area contributed by atoms with Gasteiger partial charge in [-0.2, -0.15) is 13.2 Å². The molecular formula is C31H38F3N7O2. The van der Waals surface area contributed by atoms with Crippen molar-refractivity contribution in [2.45, 2.75) is 44.3 Å². The fourth-order valence-electron chi connectivity index (χ4n) is 8.74. The van der Waals surface area contributed by atoms with Crippen molar-refractivity contribution >= 4 is 34.8 Å². The molecule has 1 aromatic heterocycles. The molecule has 0 spiro atoms. The van der Waals surface area contributed by atoms with E-state index in [1.165, 1.54) is 4.90 Å². The molecule has 4 saturated carbocycles. The van der Waals surface area contributed by atoms with Crippen LogP contribution in [0.1, 0.15) is 32.1 Å². The molecule has 8 rings (SSSR count). The highest BCUT2D eigenvalue weighted by Crippen LogP contribution is 2.60. The van der Waals surface area contributed by atoms with Gasteiger partial charge in [-0.05, 0) is 74.1 Å². The lowest BCUT2D eigenvalue weighted by molar-refractivity contribution is -0.146. The maximum Gasteiger partial charge on any atom is 0.401 e. The van der Waals surface area contributed by atoms with Crippen LogP contribution in [-0.2, 0) is 4.79 Å². The van der Waals surface area contributed by atoms with Gasteiger partial charge in [0.25, 0.3) is 0 Å². The molecule has 3 amide bonds. The third-order valence-electron chi connectivity index (χ3n) is 10.5. The van der Waals surface area contributed by atoms with E-state index in [0.717, 1.165) is 55.0 Å². The van der Waals surface area contributed by atoms with Gasteiger partial charge in [0.05, 0.1) is 29.8 Å². The molecular weight excluding hydrogens is 559 g/mol. The highest BCUT2D eigenvalue weighted by atomic mass is 19.4. The predicted octanol–water partition coefficient (Wildman–Crippen LogP) is 4.11. The minimum absolute atomic E-state index is 0.0613. The quantitative estimate of drug-likeness (QED) is 0.539. The van der Waals surface area contributed by atoms with Crippen LogP contribution in [0.3, 0.4) is 0 Å². The van der Waals surface area contributed by atoms with Gasteiger partial charge in [-0.3, -0.25) is 14.6 Å². The standard InChI is InChI=1S/C31H38F3N7O2/c32-31(33,34)19-38-7-9-39(10-8-38)23-5-6-26(36-18-23)40-11-12-41(25-4-2-1-3-24(25)40)29(43)37-27-21-13-20-14-22(27)17-30(15-20,16-21)28(35)42/h1-6,18,20-22,27H,7-17,19H2,(H2,35,42)(H,37,43). The number of carbonyl (C=O) groups is 2. The zero-order valence-electron chi connectivity index (χ0n) is 24.1. The molecule has 1 aromatic carbocycles. The molecule has 2 aromatic rings. The van der Waals surface area contributed by atoms with Gasteiger partial charge in [0.2, 0.25) is 5.91 Å². The molecule has 5 fully saturated rings. The summed E-state index contributed by atoms with van der Waals surface area (Å²) in [4.78, 5) is 38.2. The Bertz CT molecular complexity index is 1360. The van der Waals surface area contributed by atoms with Crippen molar-refractivity contribution < 1.29 is 22.8 Å². The molecule has 3 N–H and O–H groups in total. The van der Waals surface area contributed by atoms with Gasteiger partial charge in [0, 0.05) is 50.7 Å². The van der Waals surface area contributed by atoms with Crippen LogP contribution in [0.2, 0.25) is 0 Å². The first kappa shape index (κ1) is 28.2. The first-order valence-electron chi connectivity index (χ1n) is 15.3. The number of halogens is 3. The van der Waals surface area contributed by atoms with Gasteiger partial charge in [-0.1, -0.05) is 12.1 Å². The zero-order chi connectivity index (χ0) is 29.9. The van der Waals surface area contributed by atoms with Crippen LogP contribution in [0.15, 0.2) is 42.6 Å². The van der Waals surface area contributed by atoms with E-state index < -0.39 is 12.7 Å². The summed E-state index contributed by atoms with van der Waals surface area (Å²) in [7, 11) is 0. The van der Waals surface area contributed by atoms with Crippen LogP contribution in [0.4, 0.5) is 40.8 Å².